The smallest absolute Gasteiger partial charge is 0.317 e. The van der Waals surface area contributed by atoms with Crippen LogP contribution in [0.3, 0.4) is 0 Å². The van der Waals surface area contributed by atoms with Crippen LogP contribution in [0.1, 0.15) is 5.56 Å². The van der Waals surface area contributed by atoms with E-state index in [-0.39, 0.29) is 12.6 Å². The summed E-state index contributed by atoms with van der Waals surface area (Å²) in [4.78, 5) is 14.8. The highest BCUT2D eigenvalue weighted by Gasteiger charge is 2.22. The van der Waals surface area contributed by atoms with Crippen molar-refractivity contribution in [2.45, 2.75) is 12.6 Å². The molecule has 2 rings (SSSR count). The third-order valence-electron chi connectivity index (χ3n) is 3.55. The highest BCUT2D eigenvalue weighted by molar-refractivity contribution is 9.10. The summed E-state index contributed by atoms with van der Waals surface area (Å²) in [6.45, 7) is 3.69. The van der Waals surface area contributed by atoms with Gasteiger partial charge in [-0.05, 0) is 24.7 Å². The van der Waals surface area contributed by atoms with Crippen LogP contribution < -0.4 is 0 Å². The molecule has 1 fully saturated rings. The molecule has 1 atom stereocenters. The van der Waals surface area contributed by atoms with Crippen LogP contribution in [-0.4, -0.2) is 66.8 Å². The lowest BCUT2D eigenvalue weighted by Gasteiger charge is -2.34. The number of carbonyl (C=O) groups is 1. The Morgan fingerprint density at radius 1 is 1.59 bits per heavy atom. The normalized spacial score (nSPS) is 19.5. The molecule has 0 amide bonds. The molecule has 22 heavy (non-hydrogen) atoms. The second-order valence-corrected chi connectivity index (χ2v) is 6.88. The second-order valence-electron chi connectivity index (χ2n) is 5.55. The van der Waals surface area contributed by atoms with E-state index in [1.165, 1.54) is 0 Å². The van der Waals surface area contributed by atoms with E-state index >= 15 is 0 Å². The first kappa shape index (κ1) is 17.7. The van der Waals surface area contributed by atoms with Gasteiger partial charge in [-0.3, -0.25) is 14.6 Å². The number of ether oxygens (including phenoxy) is 1. The SMILES string of the molecule is CN(CC(=O)O)CC1CN(Cc2ccc(Br)cc2Cl)CCO1. The number of halogens is 2. The molecule has 0 aromatic heterocycles. The Hall–Kier alpha value is -0.660. The van der Waals surface area contributed by atoms with Crippen LogP contribution in [0.4, 0.5) is 0 Å². The molecule has 1 saturated heterocycles. The molecule has 1 N–H and O–H groups in total. The lowest BCUT2D eigenvalue weighted by Crippen LogP contribution is -2.47. The molecule has 7 heteroatoms. The zero-order chi connectivity index (χ0) is 16.1. The molecule has 1 aliphatic rings. The third-order valence-corrected chi connectivity index (χ3v) is 4.40. The van der Waals surface area contributed by atoms with E-state index in [0.717, 1.165) is 34.7 Å². The summed E-state index contributed by atoms with van der Waals surface area (Å²) in [5, 5.41) is 9.55. The number of nitrogens with zero attached hydrogens (tertiary/aromatic N) is 2. The van der Waals surface area contributed by atoms with Crippen molar-refractivity contribution in [3.8, 4) is 0 Å². The predicted octanol–water partition coefficient (Wildman–Crippen LogP) is 2.32. The molecule has 0 radical (unpaired) electrons. The maximum Gasteiger partial charge on any atom is 0.317 e. The molecule has 0 aliphatic carbocycles. The maximum absolute atomic E-state index is 10.7. The quantitative estimate of drug-likeness (QED) is 0.806. The minimum absolute atomic E-state index is 0.0207. The molecular weight excluding hydrogens is 372 g/mol. The number of hydrogen-bond acceptors (Lipinski definition) is 4. The van der Waals surface area contributed by atoms with Gasteiger partial charge in [0.05, 0.1) is 19.3 Å². The van der Waals surface area contributed by atoms with Crippen LogP contribution in [0.5, 0.6) is 0 Å². The molecule has 1 unspecified atom stereocenters. The average molecular weight is 392 g/mol. The van der Waals surface area contributed by atoms with E-state index in [2.05, 4.69) is 20.8 Å². The Balaban J connectivity index is 1.89. The zero-order valence-electron chi connectivity index (χ0n) is 12.5. The topological polar surface area (TPSA) is 53.0 Å². The summed E-state index contributed by atoms with van der Waals surface area (Å²) in [6.07, 6.45) is 0.0207. The van der Waals surface area contributed by atoms with Crippen molar-refractivity contribution in [2.24, 2.45) is 0 Å². The third kappa shape index (κ3) is 5.52. The largest absolute Gasteiger partial charge is 0.480 e. The van der Waals surface area contributed by atoms with Crippen LogP contribution in [0.25, 0.3) is 0 Å². The van der Waals surface area contributed by atoms with Crippen molar-refractivity contribution in [3.63, 3.8) is 0 Å². The number of benzene rings is 1. The van der Waals surface area contributed by atoms with E-state index in [1.54, 1.807) is 11.9 Å². The van der Waals surface area contributed by atoms with Gasteiger partial charge in [-0.1, -0.05) is 33.6 Å². The van der Waals surface area contributed by atoms with Crippen LogP contribution >= 0.6 is 27.5 Å². The summed E-state index contributed by atoms with van der Waals surface area (Å²) in [5.74, 6) is -0.822. The van der Waals surface area contributed by atoms with Crippen molar-refractivity contribution in [1.29, 1.82) is 0 Å². The molecule has 1 aromatic rings. The van der Waals surface area contributed by atoms with E-state index in [4.69, 9.17) is 21.4 Å². The fourth-order valence-electron chi connectivity index (χ4n) is 2.57. The zero-order valence-corrected chi connectivity index (χ0v) is 14.8. The number of carboxylic acid groups (broad SMARTS) is 1. The lowest BCUT2D eigenvalue weighted by atomic mass is 10.2. The summed E-state index contributed by atoms with van der Waals surface area (Å²) in [7, 11) is 1.79. The number of carboxylic acids is 1. The van der Waals surface area contributed by atoms with Gasteiger partial charge in [-0.2, -0.15) is 0 Å². The van der Waals surface area contributed by atoms with Crippen LogP contribution in [0, 0.1) is 0 Å². The van der Waals surface area contributed by atoms with Crippen LogP contribution in [0.15, 0.2) is 22.7 Å². The summed E-state index contributed by atoms with van der Waals surface area (Å²) in [5.41, 5.74) is 1.09. The van der Waals surface area contributed by atoms with Crippen molar-refractivity contribution < 1.29 is 14.6 Å². The van der Waals surface area contributed by atoms with E-state index in [9.17, 15) is 4.79 Å². The van der Waals surface area contributed by atoms with Gasteiger partial charge in [0.15, 0.2) is 0 Å². The van der Waals surface area contributed by atoms with Gasteiger partial charge in [-0.25, -0.2) is 0 Å². The fourth-order valence-corrected chi connectivity index (χ4v) is 3.30. The Kier molecular flexibility index (Phi) is 6.65. The van der Waals surface area contributed by atoms with E-state index in [1.807, 2.05) is 18.2 Å². The number of morpholine rings is 1. The highest BCUT2D eigenvalue weighted by atomic mass is 79.9. The fraction of sp³-hybridized carbons (Fsp3) is 0.533. The molecule has 5 nitrogen and oxygen atoms in total. The minimum atomic E-state index is -0.822. The Labute approximate surface area is 143 Å². The van der Waals surface area contributed by atoms with Crippen molar-refractivity contribution in [2.75, 3.05) is 39.8 Å². The predicted molar refractivity (Wildman–Crippen MR) is 89.3 cm³/mol. The van der Waals surface area contributed by atoms with Gasteiger partial charge in [0, 0.05) is 35.7 Å². The maximum atomic E-state index is 10.7. The van der Waals surface area contributed by atoms with Crippen molar-refractivity contribution in [1.82, 2.24) is 9.80 Å². The highest BCUT2D eigenvalue weighted by Crippen LogP contribution is 2.23. The Morgan fingerprint density at radius 3 is 3.05 bits per heavy atom. The molecule has 122 valence electrons. The number of hydrogen-bond donors (Lipinski definition) is 1. The number of aliphatic carboxylic acids is 1. The summed E-state index contributed by atoms with van der Waals surface area (Å²) < 4.78 is 6.70. The standard InChI is InChI=1S/C15H20BrClN2O3/c1-18(10-15(20)21)8-13-9-19(4-5-22-13)7-11-2-3-12(16)6-14(11)17/h2-3,6,13H,4-5,7-10H2,1H3,(H,20,21). The van der Waals surface area contributed by atoms with Gasteiger partial charge < -0.3 is 9.84 Å². The number of rotatable bonds is 6. The molecular formula is C15H20BrClN2O3. The molecule has 0 saturated carbocycles. The van der Waals surface area contributed by atoms with Crippen molar-refractivity contribution in [3.05, 3.63) is 33.3 Å². The molecule has 0 bridgehead atoms. The van der Waals surface area contributed by atoms with Gasteiger partial charge in [0.2, 0.25) is 0 Å². The van der Waals surface area contributed by atoms with E-state index in [0.29, 0.717) is 13.2 Å². The van der Waals surface area contributed by atoms with Gasteiger partial charge in [0.25, 0.3) is 0 Å². The first-order valence-corrected chi connectivity index (χ1v) is 8.29. The Bertz CT molecular complexity index is 530. The van der Waals surface area contributed by atoms with Gasteiger partial charge in [-0.15, -0.1) is 0 Å². The monoisotopic (exact) mass is 390 g/mol. The van der Waals surface area contributed by atoms with Crippen LogP contribution in [-0.2, 0) is 16.1 Å². The second kappa shape index (κ2) is 8.26. The lowest BCUT2D eigenvalue weighted by molar-refractivity contribution is -0.138. The summed E-state index contributed by atoms with van der Waals surface area (Å²) >= 11 is 9.67. The van der Waals surface area contributed by atoms with Gasteiger partial charge >= 0.3 is 5.97 Å². The van der Waals surface area contributed by atoms with E-state index < -0.39 is 5.97 Å². The number of likely N-dealkylation sites (N-methyl/N-ethyl adjacent to an activating group) is 1. The van der Waals surface area contributed by atoms with Gasteiger partial charge in [0.1, 0.15) is 0 Å². The first-order valence-electron chi connectivity index (χ1n) is 7.12. The minimum Gasteiger partial charge on any atom is -0.480 e. The Morgan fingerprint density at radius 2 is 2.36 bits per heavy atom. The molecule has 0 spiro atoms. The first-order chi connectivity index (χ1) is 10.4. The summed E-state index contributed by atoms with van der Waals surface area (Å²) in [6, 6.07) is 5.91. The molecule has 1 heterocycles. The van der Waals surface area contributed by atoms with Crippen molar-refractivity contribution >= 4 is 33.5 Å². The van der Waals surface area contributed by atoms with Crippen LogP contribution in [0.2, 0.25) is 5.02 Å². The molecule has 1 aromatic carbocycles. The molecule has 1 aliphatic heterocycles. The average Bonchev–Trinajstić information content (AvgIpc) is 2.41.